The fraction of sp³-hybridized carbons (Fsp3) is 0.833. The van der Waals surface area contributed by atoms with Crippen molar-refractivity contribution in [3.05, 3.63) is 12.2 Å². The first-order valence-corrected chi connectivity index (χ1v) is 6.46. The summed E-state index contributed by atoms with van der Waals surface area (Å²) in [6.45, 7) is 4.76. The molecule has 0 unspecified atom stereocenters. The van der Waals surface area contributed by atoms with Gasteiger partial charge in [0.2, 0.25) is 0 Å². The van der Waals surface area contributed by atoms with Gasteiger partial charge in [0.1, 0.15) is 12.9 Å². The highest BCUT2D eigenvalue weighted by Crippen LogP contribution is 2.29. The molecule has 1 aromatic rings. The lowest BCUT2D eigenvalue weighted by molar-refractivity contribution is -0.0426. The minimum absolute atomic E-state index is 0.417. The Morgan fingerprint density at radius 2 is 2.35 bits per heavy atom. The smallest absolute Gasteiger partial charge is 0.152 e. The fourth-order valence-electron chi connectivity index (χ4n) is 2.26. The molecular weight excluding hydrogens is 216 g/mol. The van der Waals surface area contributed by atoms with Crippen LogP contribution in [0.25, 0.3) is 0 Å². The van der Waals surface area contributed by atoms with E-state index in [9.17, 15) is 0 Å². The average Bonchev–Trinajstić information content (AvgIpc) is 2.70. The summed E-state index contributed by atoms with van der Waals surface area (Å²) < 4.78 is 7.77. The Balaban J connectivity index is 1.70. The van der Waals surface area contributed by atoms with E-state index in [0.29, 0.717) is 12.7 Å². The Hall–Kier alpha value is -0.940. The Morgan fingerprint density at radius 1 is 1.53 bits per heavy atom. The number of ether oxygens (including phenoxy) is 1. The molecule has 96 valence electrons. The highest BCUT2D eigenvalue weighted by Gasteiger charge is 2.29. The molecule has 5 heteroatoms. The zero-order chi connectivity index (χ0) is 12.1. The number of nitrogens with one attached hydrogen (secondary N) is 1. The molecule has 1 aliphatic carbocycles. The molecule has 5 nitrogen and oxygen atoms in total. The van der Waals surface area contributed by atoms with E-state index in [0.717, 1.165) is 31.3 Å². The molecule has 1 saturated carbocycles. The first-order valence-electron chi connectivity index (χ1n) is 6.46. The van der Waals surface area contributed by atoms with Crippen LogP contribution in [0, 0.1) is 5.92 Å². The van der Waals surface area contributed by atoms with E-state index in [-0.39, 0.29) is 0 Å². The summed E-state index contributed by atoms with van der Waals surface area (Å²) in [4.78, 5) is 4.24. The summed E-state index contributed by atoms with van der Waals surface area (Å²) in [5.74, 6) is 1.74. The van der Waals surface area contributed by atoms with Crippen molar-refractivity contribution in [3.8, 4) is 0 Å². The van der Waals surface area contributed by atoms with Crippen LogP contribution in [0.2, 0.25) is 0 Å². The second-order valence-electron chi connectivity index (χ2n) is 4.73. The van der Waals surface area contributed by atoms with Crippen molar-refractivity contribution in [2.75, 3.05) is 13.6 Å². The van der Waals surface area contributed by atoms with Crippen molar-refractivity contribution in [2.24, 2.45) is 5.92 Å². The van der Waals surface area contributed by atoms with Gasteiger partial charge < -0.3 is 10.1 Å². The van der Waals surface area contributed by atoms with Crippen molar-refractivity contribution >= 4 is 0 Å². The number of hydrogen-bond donors (Lipinski definition) is 1. The fourth-order valence-corrected chi connectivity index (χ4v) is 2.26. The van der Waals surface area contributed by atoms with E-state index in [2.05, 4.69) is 22.3 Å². The van der Waals surface area contributed by atoms with Gasteiger partial charge in [-0.15, -0.1) is 0 Å². The molecular formula is C12H22N4O. The van der Waals surface area contributed by atoms with Crippen molar-refractivity contribution < 1.29 is 4.74 Å². The quantitative estimate of drug-likeness (QED) is 0.775. The molecule has 0 spiro atoms. The van der Waals surface area contributed by atoms with Crippen LogP contribution in [0.15, 0.2) is 6.33 Å². The van der Waals surface area contributed by atoms with Crippen molar-refractivity contribution in [2.45, 2.75) is 45.4 Å². The third-order valence-electron chi connectivity index (χ3n) is 3.26. The van der Waals surface area contributed by atoms with Gasteiger partial charge in [-0.25, -0.2) is 9.67 Å². The molecule has 1 aromatic heterocycles. The predicted octanol–water partition coefficient (Wildman–Crippen LogP) is 1.20. The summed E-state index contributed by atoms with van der Waals surface area (Å²) in [6, 6.07) is 0. The number of aromatic nitrogens is 3. The lowest BCUT2D eigenvalue weighted by Gasteiger charge is -2.34. The second kappa shape index (κ2) is 6.12. The molecule has 0 saturated heterocycles. The van der Waals surface area contributed by atoms with Gasteiger partial charge in [-0.05, 0) is 38.8 Å². The molecule has 1 aliphatic rings. The second-order valence-corrected chi connectivity index (χ2v) is 4.73. The normalized spacial score (nSPS) is 23.6. The largest absolute Gasteiger partial charge is 0.370 e. The van der Waals surface area contributed by atoms with Gasteiger partial charge in [-0.1, -0.05) is 6.92 Å². The average molecular weight is 238 g/mol. The van der Waals surface area contributed by atoms with E-state index in [4.69, 9.17) is 4.74 Å². The number of aryl methyl sites for hydroxylation is 1. The molecule has 0 bridgehead atoms. The van der Waals surface area contributed by atoms with E-state index in [1.54, 1.807) is 6.33 Å². The summed E-state index contributed by atoms with van der Waals surface area (Å²) in [5, 5.41) is 7.39. The molecule has 0 atom stereocenters. The maximum absolute atomic E-state index is 5.83. The maximum atomic E-state index is 5.83. The summed E-state index contributed by atoms with van der Waals surface area (Å²) in [5.41, 5.74) is 0. The highest BCUT2D eigenvalue weighted by molar-refractivity contribution is 4.85. The molecule has 1 N–H and O–H groups in total. The van der Waals surface area contributed by atoms with Crippen LogP contribution in [0.4, 0.5) is 0 Å². The van der Waals surface area contributed by atoms with Crippen LogP contribution in [0.5, 0.6) is 0 Å². The van der Waals surface area contributed by atoms with Gasteiger partial charge in [0.25, 0.3) is 0 Å². The van der Waals surface area contributed by atoms with Gasteiger partial charge >= 0.3 is 0 Å². The molecule has 0 aromatic carbocycles. The Kier molecular flexibility index (Phi) is 4.50. The van der Waals surface area contributed by atoms with Crippen LogP contribution < -0.4 is 5.32 Å². The van der Waals surface area contributed by atoms with E-state index in [1.165, 1.54) is 12.8 Å². The maximum Gasteiger partial charge on any atom is 0.152 e. The van der Waals surface area contributed by atoms with Gasteiger partial charge in [-0.2, -0.15) is 5.10 Å². The summed E-state index contributed by atoms with van der Waals surface area (Å²) >= 11 is 0. The SMILES string of the molecule is CCCn1ncnc1COC1CC(CNC)C1. The number of hydrogen-bond acceptors (Lipinski definition) is 4. The molecule has 17 heavy (non-hydrogen) atoms. The third-order valence-corrected chi connectivity index (χ3v) is 3.26. The highest BCUT2D eigenvalue weighted by atomic mass is 16.5. The van der Waals surface area contributed by atoms with Crippen LogP contribution in [0.3, 0.4) is 0 Å². The molecule has 0 aliphatic heterocycles. The monoisotopic (exact) mass is 238 g/mol. The third kappa shape index (κ3) is 3.26. The molecule has 1 fully saturated rings. The standard InChI is InChI=1S/C12H22N4O/c1-3-4-16-12(14-9-15-16)8-17-11-5-10(6-11)7-13-2/h9-11,13H,3-8H2,1-2H3. The van der Waals surface area contributed by atoms with Crippen molar-refractivity contribution in [1.29, 1.82) is 0 Å². The zero-order valence-electron chi connectivity index (χ0n) is 10.7. The van der Waals surface area contributed by atoms with Crippen LogP contribution >= 0.6 is 0 Å². The zero-order valence-corrected chi connectivity index (χ0v) is 10.7. The Bertz CT molecular complexity index is 333. The summed E-state index contributed by atoms with van der Waals surface area (Å²) in [6.07, 6.45) is 5.44. The molecule has 2 rings (SSSR count). The van der Waals surface area contributed by atoms with Crippen molar-refractivity contribution in [3.63, 3.8) is 0 Å². The lowest BCUT2D eigenvalue weighted by atomic mass is 9.82. The van der Waals surface area contributed by atoms with Crippen LogP contribution in [-0.2, 0) is 17.9 Å². The van der Waals surface area contributed by atoms with Gasteiger partial charge in [0, 0.05) is 6.54 Å². The van der Waals surface area contributed by atoms with Crippen molar-refractivity contribution in [1.82, 2.24) is 20.1 Å². The van der Waals surface area contributed by atoms with E-state index >= 15 is 0 Å². The summed E-state index contributed by atoms with van der Waals surface area (Å²) in [7, 11) is 2.00. The minimum atomic E-state index is 0.417. The lowest BCUT2D eigenvalue weighted by Crippen LogP contribution is -2.37. The van der Waals surface area contributed by atoms with E-state index in [1.807, 2.05) is 11.7 Å². The first kappa shape index (κ1) is 12.5. The predicted molar refractivity (Wildman–Crippen MR) is 65.5 cm³/mol. The molecule has 0 radical (unpaired) electrons. The van der Waals surface area contributed by atoms with Gasteiger partial charge in [0.15, 0.2) is 5.82 Å². The van der Waals surface area contributed by atoms with Gasteiger partial charge in [-0.3, -0.25) is 0 Å². The number of nitrogens with zero attached hydrogens (tertiary/aromatic N) is 3. The Morgan fingerprint density at radius 3 is 3.06 bits per heavy atom. The van der Waals surface area contributed by atoms with Gasteiger partial charge in [0.05, 0.1) is 6.10 Å². The number of rotatable bonds is 7. The Labute approximate surface area is 103 Å². The van der Waals surface area contributed by atoms with E-state index < -0.39 is 0 Å². The minimum Gasteiger partial charge on any atom is -0.370 e. The molecule has 0 amide bonds. The molecule has 1 heterocycles. The van der Waals surface area contributed by atoms with Crippen LogP contribution in [0.1, 0.15) is 32.0 Å². The first-order chi connectivity index (χ1) is 8.33. The van der Waals surface area contributed by atoms with Crippen LogP contribution in [-0.4, -0.2) is 34.5 Å². The topological polar surface area (TPSA) is 52.0 Å².